The number of hydrogen-bond acceptors (Lipinski definition) is 5. The number of carbonyl (C=O) groups is 1. The third-order valence-electron chi connectivity index (χ3n) is 5.22. The average molecular weight is 432 g/mol. The van der Waals surface area contributed by atoms with Crippen LogP contribution in [0.2, 0.25) is 0 Å². The van der Waals surface area contributed by atoms with Crippen LogP contribution in [0.5, 0.6) is 5.75 Å². The molecule has 0 saturated carbocycles. The Balaban J connectivity index is 1.54. The molecule has 7 heteroatoms. The molecular weight excluding hydrogens is 402 g/mol. The van der Waals surface area contributed by atoms with Gasteiger partial charge < -0.3 is 9.47 Å². The van der Waals surface area contributed by atoms with Crippen LogP contribution in [-0.2, 0) is 26.2 Å². The van der Waals surface area contributed by atoms with Crippen molar-refractivity contribution in [2.24, 2.45) is 5.92 Å². The molecule has 1 heterocycles. The lowest BCUT2D eigenvalue weighted by atomic mass is 9.98. The smallest absolute Gasteiger partial charge is 0.309 e. The van der Waals surface area contributed by atoms with Gasteiger partial charge in [0.25, 0.3) is 0 Å². The van der Waals surface area contributed by atoms with Gasteiger partial charge in [0.05, 0.1) is 17.4 Å². The number of esters is 1. The van der Waals surface area contributed by atoms with Crippen molar-refractivity contribution < 1.29 is 22.7 Å². The summed E-state index contributed by atoms with van der Waals surface area (Å²) in [6, 6.07) is 12.5. The molecule has 0 N–H and O–H groups in total. The maximum Gasteiger partial charge on any atom is 0.309 e. The SMILES string of the molecule is CCOc1ccc(S(=O)(=O)N2CCC(C(=O)OCc3cc(C)cc(C)c3)CC2)cc1. The zero-order valence-corrected chi connectivity index (χ0v) is 18.6. The van der Waals surface area contributed by atoms with Crippen molar-refractivity contribution in [2.75, 3.05) is 19.7 Å². The maximum absolute atomic E-state index is 12.9. The van der Waals surface area contributed by atoms with Gasteiger partial charge in [0.15, 0.2) is 0 Å². The van der Waals surface area contributed by atoms with Gasteiger partial charge in [0.2, 0.25) is 10.0 Å². The van der Waals surface area contributed by atoms with Gasteiger partial charge in [-0.25, -0.2) is 8.42 Å². The summed E-state index contributed by atoms with van der Waals surface area (Å²) in [4.78, 5) is 12.7. The molecule has 1 aliphatic heterocycles. The second-order valence-corrected chi connectivity index (χ2v) is 9.62. The average Bonchev–Trinajstić information content (AvgIpc) is 2.72. The summed E-state index contributed by atoms with van der Waals surface area (Å²) in [7, 11) is -3.58. The van der Waals surface area contributed by atoms with Crippen molar-refractivity contribution >= 4 is 16.0 Å². The predicted octanol–water partition coefficient (Wildman–Crippen LogP) is 3.85. The number of benzene rings is 2. The van der Waals surface area contributed by atoms with Gasteiger partial charge in [0, 0.05) is 13.1 Å². The Kier molecular flexibility index (Phi) is 7.15. The van der Waals surface area contributed by atoms with Gasteiger partial charge in [-0.3, -0.25) is 4.79 Å². The second-order valence-electron chi connectivity index (χ2n) is 7.69. The highest BCUT2D eigenvalue weighted by Gasteiger charge is 2.32. The van der Waals surface area contributed by atoms with E-state index in [-0.39, 0.29) is 23.4 Å². The van der Waals surface area contributed by atoms with E-state index in [9.17, 15) is 13.2 Å². The van der Waals surface area contributed by atoms with Gasteiger partial charge in [-0.2, -0.15) is 4.31 Å². The van der Waals surface area contributed by atoms with E-state index >= 15 is 0 Å². The van der Waals surface area contributed by atoms with Crippen LogP contribution in [0.15, 0.2) is 47.4 Å². The van der Waals surface area contributed by atoms with Crippen LogP contribution in [0.3, 0.4) is 0 Å². The fourth-order valence-electron chi connectivity index (χ4n) is 3.78. The maximum atomic E-state index is 12.9. The van der Waals surface area contributed by atoms with E-state index in [1.807, 2.05) is 32.9 Å². The third kappa shape index (κ3) is 5.40. The van der Waals surface area contributed by atoms with Crippen LogP contribution in [0.25, 0.3) is 0 Å². The lowest BCUT2D eigenvalue weighted by molar-refractivity contribution is -0.151. The molecule has 0 aromatic heterocycles. The standard InChI is InChI=1S/C23H29NO5S/c1-4-28-21-5-7-22(8-6-21)30(26,27)24-11-9-20(10-12-24)23(25)29-16-19-14-17(2)13-18(3)15-19/h5-8,13-15,20H,4,9-12,16H2,1-3H3. The molecule has 0 atom stereocenters. The Morgan fingerprint density at radius 2 is 1.63 bits per heavy atom. The summed E-state index contributed by atoms with van der Waals surface area (Å²) < 4.78 is 38.1. The van der Waals surface area contributed by atoms with Crippen LogP contribution in [-0.4, -0.2) is 38.4 Å². The Bertz CT molecular complexity index is 957. The number of piperidine rings is 1. The highest BCUT2D eigenvalue weighted by molar-refractivity contribution is 7.89. The second kappa shape index (κ2) is 9.62. The van der Waals surface area contributed by atoms with E-state index in [1.165, 1.54) is 4.31 Å². The number of aryl methyl sites for hydroxylation is 2. The summed E-state index contributed by atoms with van der Waals surface area (Å²) in [6.07, 6.45) is 0.921. The number of ether oxygens (including phenoxy) is 2. The lowest BCUT2D eigenvalue weighted by Crippen LogP contribution is -2.40. The van der Waals surface area contributed by atoms with E-state index in [0.29, 0.717) is 38.3 Å². The first-order valence-electron chi connectivity index (χ1n) is 10.3. The van der Waals surface area contributed by atoms with Gasteiger partial charge >= 0.3 is 5.97 Å². The summed E-state index contributed by atoms with van der Waals surface area (Å²) in [5.74, 6) is 0.108. The molecule has 1 saturated heterocycles. The van der Waals surface area contributed by atoms with Crippen LogP contribution in [0, 0.1) is 19.8 Å². The first kappa shape index (κ1) is 22.3. The molecule has 0 radical (unpaired) electrons. The quantitative estimate of drug-likeness (QED) is 0.623. The Morgan fingerprint density at radius 3 is 2.20 bits per heavy atom. The normalized spacial score (nSPS) is 15.7. The highest BCUT2D eigenvalue weighted by Crippen LogP contribution is 2.26. The van der Waals surface area contributed by atoms with Crippen molar-refractivity contribution in [1.82, 2.24) is 4.31 Å². The minimum Gasteiger partial charge on any atom is -0.494 e. The number of sulfonamides is 1. The van der Waals surface area contributed by atoms with Crippen LogP contribution < -0.4 is 4.74 Å². The molecule has 0 amide bonds. The van der Waals surface area contributed by atoms with E-state index in [4.69, 9.17) is 9.47 Å². The van der Waals surface area contributed by atoms with Crippen molar-refractivity contribution in [3.63, 3.8) is 0 Å². The lowest BCUT2D eigenvalue weighted by Gasteiger charge is -2.30. The fraction of sp³-hybridized carbons (Fsp3) is 0.435. The van der Waals surface area contributed by atoms with E-state index in [2.05, 4.69) is 6.07 Å². The van der Waals surface area contributed by atoms with E-state index < -0.39 is 10.0 Å². The summed E-state index contributed by atoms with van der Waals surface area (Å²) in [5, 5.41) is 0. The van der Waals surface area contributed by atoms with Gasteiger partial charge in [-0.15, -0.1) is 0 Å². The third-order valence-corrected chi connectivity index (χ3v) is 7.14. The Labute approximate surface area is 178 Å². The first-order chi connectivity index (χ1) is 14.3. The minimum atomic E-state index is -3.58. The number of nitrogens with zero attached hydrogens (tertiary/aromatic N) is 1. The summed E-state index contributed by atoms with van der Waals surface area (Å²) in [5.41, 5.74) is 3.24. The topological polar surface area (TPSA) is 72.9 Å². The molecule has 30 heavy (non-hydrogen) atoms. The molecule has 0 spiro atoms. The molecular formula is C23H29NO5S. The highest BCUT2D eigenvalue weighted by atomic mass is 32.2. The van der Waals surface area contributed by atoms with Crippen LogP contribution in [0.1, 0.15) is 36.5 Å². The molecule has 0 unspecified atom stereocenters. The first-order valence-corrected chi connectivity index (χ1v) is 11.7. The molecule has 162 valence electrons. The molecule has 1 fully saturated rings. The van der Waals surface area contributed by atoms with Crippen molar-refractivity contribution in [2.45, 2.75) is 45.1 Å². The van der Waals surface area contributed by atoms with Gasteiger partial charge in [-0.1, -0.05) is 29.3 Å². The van der Waals surface area contributed by atoms with E-state index in [0.717, 1.165) is 16.7 Å². The Morgan fingerprint density at radius 1 is 1.03 bits per heavy atom. The fourth-order valence-corrected chi connectivity index (χ4v) is 5.25. The number of carbonyl (C=O) groups excluding carboxylic acids is 1. The minimum absolute atomic E-state index is 0.238. The van der Waals surface area contributed by atoms with Crippen molar-refractivity contribution in [3.05, 3.63) is 59.2 Å². The molecule has 0 bridgehead atoms. The zero-order valence-electron chi connectivity index (χ0n) is 17.8. The van der Waals surface area contributed by atoms with Crippen LogP contribution >= 0.6 is 0 Å². The largest absolute Gasteiger partial charge is 0.494 e. The molecule has 6 nitrogen and oxygen atoms in total. The van der Waals surface area contributed by atoms with Crippen molar-refractivity contribution in [1.29, 1.82) is 0 Å². The summed E-state index contributed by atoms with van der Waals surface area (Å²) >= 11 is 0. The predicted molar refractivity (Wildman–Crippen MR) is 115 cm³/mol. The molecule has 2 aromatic rings. The monoisotopic (exact) mass is 431 g/mol. The van der Waals surface area contributed by atoms with E-state index in [1.54, 1.807) is 24.3 Å². The molecule has 3 rings (SSSR count). The Hall–Kier alpha value is -2.38. The molecule has 1 aliphatic rings. The molecule has 0 aliphatic carbocycles. The number of rotatable bonds is 7. The summed E-state index contributed by atoms with van der Waals surface area (Å²) in [6.45, 7) is 7.28. The van der Waals surface area contributed by atoms with Gasteiger partial charge in [-0.05, 0) is 63.4 Å². The van der Waals surface area contributed by atoms with Crippen molar-refractivity contribution in [3.8, 4) is 5.75 Å². The number of hydrogen-bond donors (Lipinski definition) is 0. The molecule has 2 aromatic carbocycles. The van der Waals surface area contributed by atoms with Crippen LogP contribution in [0.4, 0.5) is 0 Å². The van der Waals surface area contributed by atoms with Gasteiger partial charge in [0.1, 0.15) is 12.4 Å². The zero-order chi connectivity index (χ0) is 21.7.